The van der Waals surface area contributed by atoms with Crippen molar-refractivity contribution < 1.29 is 9.47 Å². The number of nitrogens with zero attached hydrogens (tertiary/aromatic N) is 7. The van der Waals surface area contributed by atoms with Gasteiger partial charge in [0.25, 0.3) is 0 Å². The van der Waals surface area contributed by atoms with Gasteiger partial charge in [0.2, 0.25) is 0 Å². The highest BCUT2D eigenvalue weighted by molar-refractivity contribution is 7.98. The third-order valence-corrected chi connectivity index (χ3v) is 5.68. The number of aromatic nitrogens is 7. The molecule has 0 bridgehead atoms. The van der Waals surface area contributed by atoms with Crippen LogP contribution >= 0.6 is 11.8 Å². The zero-order valence-electron chi connectivity index (χ0n) is 16.5. The van der Waals surface area contributed by atoms with Crippen molar-refractivity contribution in [2.45, 2.75) is 23.6 Å². The van der Waals surface area contributed by atoms with Gasteiger partial charge in [-0.1, -0.05) is 48.2 Å². The van der Waals surface area contributed by atoms with Crippen molar-refractivity contribution in [3.05, 3.63) is 78.9 Å². The summed E-state index contributed by atoms with van der Waals surface area (Å²) in [6.07, 6.45) is 1.45. The summed E-state index contributed by atoms with van der Waals surface area (Å²) >= 11 is 1.51. The lowest BCUT2D eigenvalue weighted by Gasteiger charge is -2.26. The van der Waals surface area contributed by atoms with E-state index in [-0.39, 0.29) is 6.10 Å². The molecule has 0 saturated heterocycles. The van der Waals surface area contributed by atoms with E-state index in [4.69, 9.17) is 9.47 Å². The number of thioether (sulfide) groups is 1. The van der Waals surface area contributed by atoms with E-state index in [1.54, 1.807) is 4.68 Å². The summed E-state index contributed by atoms with van der Waals surface area (Å²) in [6.45, 7) is 4.78. The first-order valence-corrected chi connectivity index (χ1v) is 10.7. The molecule has 1 atom stereocenters. The summed E-state index contributed by atoms with van der Waals surface area (Å²) in [7, 11) is 0. The number of allylic oxidation sites excluding steroid dienone is 1. The second kappa shape index (κ2) is 8.60. The molecule has 0 unspecified atom stereocenters. The number of para-hydroxylation sites is 3. The topological polar surface area (TPSA) is 92.8 Å². The molecule has 0 saturated carbocycles. The number of rotatable bonds is 7. The lowest BCUT2D eigenvalue weighted by atomic mass is 10.2. The van der Waals surface area contributed by atoms with Gasteiger partial charge in [0.1, 0.15) is 6.61 Å². The van der Waals surface area contributed by atoms with Gasteiger partial charge in [0.05, 0.1) is 11.4 Å². The van der Waals surface area contributed by atoms with Crippen LogP contribution in [0.5, 0.6) is 11.5 Å². The Morgan fingerprint density at radius 3 is 2.68 bits per heavy atom. The van der Waals surface area contributed by atoms with Crippen molar-refractivity contribution in [3.63, 3.8) is 0 Å². The van der Waals surface area contributed by atoms with Gasteiger partial charge in [-0.3, -0.25) is 4.57 Å². The van der Waals surface area contributed by atoms with Gasteiger partial charge in [-0.05, 0) is 34.7 Å². The minimum atomic E-state index is -0.355. The maximum absolute atomic E-state index is 6.12. The minimum Gasteiger partial charge on any atom is -0.485 e. The van der Waals surface area contributed by atoms with Crippen molar-refractivity contribution in [2.24, 2.45) is 0 Å². The van der Waals surface area contributed by atoms with E-state index < -0.39 is 0 Å². The zero-order valence-corrected chi connectivity index (χ0v) is 17.4. The smallest absolute Gasteiger partial charge is 0.192 e. The van der Waals surface area contributed by atoms with Crippen LogP contribution in [0.2, 0.25) is 0 Å². The van der Waals surface area contributed by atoms with Gasteiger partial charge >= 0.3 is 0 Å². The largest absolute Gasteiger partial charge is 0.485 e. The fourth-order valence-corrected chi connectivity index (χ4v) is 4.15. The molecule has 1 aliphatic heterocycles. The minimum absolute atomic E-state index is 0.355. The number of ether oxygens (including phenoxy) is 2. The highest BCUT2D eigenvalue weighted by Gasteiger charge is 2.28. The lowest BCUT2D eigenvalue weighted by molar-refractivity contribution is 0.0821. The van der Waals surface area contributed by atoms with Crippen LogP contribution in [0, 0.1) is 0 Å². The van der Waals surface area contributed by atoms with Crippen molar-refractivity contribution in [1.82, 2.24) is 35.0 Å². The van der Waals surface area contributed by atoms with Crippen molar-refractivity contribution in [3.8, 4) is 17.2 Å². The number of benzene rings is 2. The summed E-state index contributed by atoms with van der Waals surface area (Å²) in [6, 6.07) is 17.4. The summed E-state index contributed by atoms with van der Waals surface area (Å²) in [5.41, 5.74) is 0.905. The fourth-order valence-electron chi connectivity index (χ4n) is 3.29. The Labute approximate surface area is 182 Å². The molecular weight excluding hydrogens is 414 g/mol. The highest BCUT2D eigenvalue weighted by atomic mass is 32.2. The molecule has 10 heteroatoms. The Bertz CT molecular complexity index is 1190. The van der Waals surface area contributed by atoms with Gasteiger partial charge < -0.3 is 9.47 Å². The van der Waals surface area contributed by atoms with Crippen LogP contribution in [0.3, 0.4) is 0 Å². The van der Waals surface area contributed by atoms with Gasteiger partial charge in [-0.25, -0.2) is 0 Å². The third kappa shape index (κ3) is 3.89. The van der Waals surface area contributed by atoms with Crippen LogP contribution < -0.4 is 9.47 Å². The van der Waals surface area contributed by atoms with Gasteiger partial charge in [-0.2, -0.15) is 4.68 Å². The van der Waals surface area contributed by atoms with E-state index in [9.17, 15) is 0 Å². The maximum atomic E-state index is 6.12. The average molecular weight is 433 g/mol. The average Bonchev–Trinajstić information content (AvgIpc) is 3.45. The Morgan fingerprint density at radius 2 is 1.84 bits per heavy atom. The second-order valence-corrected chi connectivity index (χ2v) is 7.68. The summed E-state index contributed by atoms with van der Waals surface area (Å²) in [4.78, 5) is 0. The quantitative estimate of drug-likeness (QED) is 0.324. The molecule has 2 aromatic carbocycles. The van der Waals surface area contributed by atoms with E-state index >= 15 is 0 Å². The maximum Gasteiger partial charge on any atom is 0.192 e. The van der Waals surface area contributed by atoms with Crippen molar-refractivity contribution in [2.75, 3.05) is 6.61 Å². The molecule has 156 valence electrons. The van der Waals surface area contributed by atoms with Gasteiger partial charge in [0, 0.05) is 6.54 Å². The number of tetrazole rings is 1. The monoisotopic (exact) mass is 433 g/mol. The SMILES string of the molecule is C=CCn1c(SCc2nnnn2-c2ccccc2)nnc1[C@H]1COc2ccccc2O1. The predicted molar refractivity (Wildman–Crippen MR) is 114 cm³/mol. The Kier molecular flexibility index (Phi) is 5.36. The molecule has 31 heavy (non-hydrogen) atoms. The molecule has 4 aromatic rings. The highest BCUT2D eigenvalue weighted by Crippen LogP contribution is 2.36. The van der Waals surface area contributed by atoms with Crippen molar-refractivity contribution >= 4 is 11.8 Å². The number of hydrogen-bond donors (Lipinski definition) is 0. The Balaban J connectivity index is 1.36. The normalized spacial score (nSPS) is 15.0. The first-order valence-electron chi connectivity index (χ1n) is 9.71. The van der Waals surface area contributed by atoms with Crippen LogP contribution in [0.15, 0.2) is 72.4 Å². The molecule has 0 radical (unpaired) electrons. The molecule has 0 spiro atoms. The van der Waals surface area contributed by atoms with E-state index in [1.165, 1.54) is 11.8 Å². The Morgan fingerprint density at radius 1 is 1.03 bits per heavy atom. The van der Waals surface area contributed by atoms with Crippen LogP contribution in [0.25, 0.3) is 5.69 Å². The van der Waals surface area contributed by atoms with Crippen LogP contribution in [-0.4, -0.2) is 41.6 Å². The summed E-state index contributed by atoms with van der Waals surface area (Å²) in [5.74, 6) is 3.37. The first kappa shape index (κ1) is 19.3. The molecule has 0 N–H and O–H groups in total. The van der Waals surface area contributed by atoms with E-state index in [1.807, 2.05) is 65.2 Å². The molecule has 3 heterocycles. The standard InChI is InChI=1S/C21H19N7O2S/c1-2-12-27-20(18-13-29-16-10-6-7-11-17(16)30-18)23-24-21(27)31-14-19-22-25-26-28(19)15-8-4-3-5-9-15/h2-11,18H,1,12-14H2/t18-/m1/s1. The first-order chi connectivity index (χ1) is 15.3. The van der Waals surface area contributed by atoms with E-state index in [0.717, 1.165) is 22.4 Å². The summed E-state index contributed by atoms with van der Waals surface area (Å²) < 4.78 is 15.7. The van der Waals surface area contributed by atoms with Crippen LogP contribution in [0.1, 0.15) is 17.8 Å². The molecule has 5 rings (SSSR count). The van der Waals surface area contributed by atoms with Crippen molar-refractivity contribution in [1.29, 1.82) is 0 Å². The molecule has 2 aromatic heterocycles. The lowest BCUT2D eigenvalue weighted by Crippen LogP contribution is -2.25. The molecule has 0 aliphatic carbocycles. The zero-order chi connectivity index (χ0) is 21.0. The van der Waals surface area contributed by atoms with Gasteiger partial charge in [-0.15, -0.1) is 21.9 Å². The van der Waals surface area contributed by atoms with Gasteiger partial charge in [0.15, 0.2) is 34.4 Å². The Hall–Kier alpha value is -3.66. The molecular formula is C21H19N7O2S. The third-order valence-electron chi connectivity index (χ3n) is 4.72. The van der Waals surface area contributed by atoms with E-state index in [0.29, 0.717) is 30.5 Å². The van der Waals surface area contributed by atoms with E-state index in [2.05, 4.69) is 32.3 Å². The molecule has 0 fully saturated rings. The number of fused-ring (bicyclic) bond motifs is 1. The number of hydrogen-bond acceptors (Lipinski definition) is 8. The summed E-state index contributed by atoms with van der Waals surface area (Å²) in [5, 5.41) is 21.6. The van der Waals surface area contributed by atoms with Crippen LogP contribution in [0.4, 0.5) is 0 Å². The molecule has 0 amide bonds. The van der Waals surface area contributed by atoms with Crippen LogP contribution in [-0.2, 0) is 12.3 Å². The molecule has 9 nitrogen and oxygen atoms in total. The molecule has 1 aliphatic rings. The fraction of sp³-hybridized carbons (Fsp3) is 0.190. The second-order valence-electron chi connectivity index (χ2n) is 6.74. The predicted octanol–water partition coefficient (Wildman–Crippen LogP) is 3.24.